The molecule has 2 atom stereocenters. The van der Waals surface area contributed by atoms with Gasteiger partial charge in [0, 0.05) is 19.7 Å². The van der Waals surface area contributed by atoms with E-state index in [2.05, 4.69) is 10.6 Å². The third-order valence-corrected chi connectivity index (χ3v) is 6.90. The molecule has 0 fully saturated rings. The van der Waals surface area contributed by atoms with Crippen LogP contribution in [0.2, 0.25) is 0 Å². The number of hydrogen-bond donors (Lipinski definition) is 3. The first kappa shape index (κ1) is 28.9. The lowest BCUT2D eigenvalue weighted by Crippen LogP contribution is -2.41. The molecule has 3 aromatic carbocycles. The second kappa shape index (κ2) is 12.8. The van der Waals surface area contributed by atoms with Crippen LogP contribution in [0.3, 0.4) is 0 Å². The number of aliphatic carboxylic acids is 1. The van der Waals surface area contributed by atoms with Crippen LogP contribution in [0.15, 0.2) is 89.7 Å². The molecule has 2 amide bonds. The Morgan fingerprint density at radius 3 is 2.10 bits per heavy atom. The molecule has 0 radical (unpaired) electrons. The predicted molar refractivity (Wildman–Crippen MR) is 155 cm³/mol. The fourth-order valence-corrected chi connectivity index (χ4v) is 4.44. The molecule has 1 heterocycles. The Morgan fingerprint density at radius 2 is 1.49 bits per heavy atom. The summed E-state index contributed by atoms with van der Waals surface area (Å²) in [6, 6.07) is 23.8. The number of rotatable bonds is 10. The molecule has 212 valence electrons. The van der Waals surface area contributed by atoms with Gasteiger partial charge in [0.2, 0.25) is 0 Å². The Balaban J connectivity index is 1.48. The van der Waals surface area contributed by atoms with Crippen molar-refractivity contribution in [2.45, 2.75) is 31.9 Å². The number of carbonyl (C=O) groups excluding carboxylic acids is 2. The largest absolute Gasteiger partial charge is 0.480 e. The minimum Gasteiger partial charge on any atom is -0.480 e. The number of benzene rings is 3. The van der Waals surface area contributed by atoms with Gasteiger partial charge in [-0.05, 0) is 48.6 Å². The first-order valence-corrected chi connectivity index (χ1v) is 13.1. The van der Waals surface area contributed by atoms with Crippen molar-refractivity contribution >= 4 is 23.8 Å². The van der Waals surface area contributed by atoms with Crippen LogP contribution in [0.1, 0.15) is 40.9 Å². The van der Waals surface area contributed by atoms with Gasteiger partial charge in [-0.2, -0.15) is 0 Å². The van der Waals surface area contributed by atoms with Crippen LogP contribution in [0.5, 0.6) is 0 Å². The summed E-state index contributed by atoms with van der Waals surface area (Å²) in [7, 11) is 3.20. The minimum atomic E-state index is -1.12. The highest BCUT2D eigenvalue weighted by Crippen LogP contribution is 2.26. The zero-order valence-corrected chi connectivity index (χ0v) is 23.0. The van der Waals surface area contributed by atoms with Crippen LogP contribution in [-0.4, -0.2) is 38.5 Å². The van der Waals surface area contributed by atoms with Crippen molar-refractivity contribution < 1.29 is 24.2 Å². The maximum absolute atomic E-state index is 13.1. The van der Waals surface area contributed by atoms with Gasteiger partial charge in [0.25, 0.3) is 11.5 Å². The number of ether oxygens (including phenoxy) is 1. The average molecular weight is 557 g/mol. The van der Waals surface area contributed by atoms with Gasteiger partial charge in [-0.15, -0.1) is 0 Å². The van der Waals surface area contributed by atoms with Gasteiger partial charge in [-0.1, -0.05) is 72.8 Å². The molecular formula is C31H32N4O6. The lowest BCUT2D eigenvalue weighted by atomic mass is 10.0. The number of anilines is 1. The summed E-state index contributed by atoms with van der Waals surface area (Å²) in [6.07, 6.45) is -0.510. The molecule has 4 aromatic rings. The molecule has 0 spiro atoms. The van der Waals surface area contributed by atoms with E-state index < -0.39 is 30.1 Å². The van der Waals surface area contributed by atoms with Gasteiger partial charge in [-0.25, -0.2) is 9.59 Å². The maximum atomic E-state index is 13.1. The molecule has 10 nitrogen and oxygen atoms in total. The summed E-state index contributed by atoms with van der Waals surface area (Å²) in [5.41, 5.74) is 2.36. The van der Waals surface area contributed by atoms with Crippen molar-refractivity contribution in [1.82, 2.24) is 14.7 Å². The molecule has 0 saturated heterocycles. The Morgan fingerprint density at radius 1 is 0.878 bits per heavy atom. The van der Waals surface area contributed by atoms with Crippen LogP contribution in [0.25, 0.3) is 11.1 Å². The second-order valence-corrected chi connectivity index (χ2v) is 9.63. The van der Waals surface area contributed by atoms with Gasteiger partial charge in [0.1, 0.15) is 18.0 Å². The third-order valence-electron chi connectivity index (χ3n) is 6.90. The molecule has 0 aliphatic carbocycles. The normalized spacial score (nSPS) is 12.3. The first-order chi connectivity index (χ1) is 19.7. The number of amides is 2. The van der Waals surface area contributed by atoms with E-state index in [0.717, 1.165) is 11.1 Å². The highest BCUT2D eigenvalue weighted by molar-refractivity contribution is 5.97. The summed E-state index contributed by atoms with van der Waals surface area (Å²) in [5.74, 6) is -1.44. The monoisotopic (exact) mass is 556 g/mol. The van der Waals surface area contributed by atoms with Crippen LogP contribution >= 0.6 is 0 Å². The number of carboxylic acid groups (broad SMARTS) is 1. The quantitative estimate of drug-likeness (QED) is 0.263. The summed E-state index contributed by atoms with van der Waals surface area (Å²) in [6.45, 7) is 1.75. The number of aromatic nitrogens is 2. The second-order valence-electron chi connectivity index (χ2n) is 9.63. The molecule has 2 unspecified atom stereocenters. The fraction of sp³-hybridized carbons (Fsp3) is 0.226. The minimum absolute atomic E-state index is 0.220. The van der Waals surface area contributed by atoms with Crippen LogP contribution in [-0.2, 0) is 30.0 Å². The van der Waals surface area contributed by atoms with Gasteiger partial charge >= 0.3 is 12.1 Å². The molecule has 1 aromatic heterocycles. The van der Waals surface area contributed by atoms with Crippen molar-refractivity contribution in [1.29, 1.82) is 0 Å². The first-order valence-electron chi connectivity index (χ1n) is 13.1. The molecule has 0 bridgehead atoms. The molecule has 41 heavy (non-hydrogen) atoms. The summed E-state index contributed by atoms with van der Waals surface area (Å²) in [5, 5.41) is 14.9. The van der Waals surface area contributed by atoms with Crippen LogP contribution in [0.4, 0.5) is 10.6 Å². The van der Waals surface area contributed by atoms with E-state index in [4.69, 9.17) is 4.74 Å². The van der Waals surface area contributed by atoms with Gasteiger partial charge in [0.05, 0.1) is 5.56 Å². The molecule has 0 saturated carbocycles. The smallest absolute Gasteiger partial charge is 0.413 e. The Labute approximate surface area is 237 Å². The van der Waals surface area contributed by atoms with Gasteiger partial charge in [0.15, 0.2) is 0 Å². The highest BCUT2D eigenvalue weighted by atomic mass is 16.6. The van der Waals surface area contributed by atoms with E-state index in [1.807, 2.05) is 60.7 Å². The van der Waals surface area contributed by atoms with E-state index in [1.54, 1.807) is 33.2 Å². The maximum Gasteiger partial charge on any atom is 0.413 e. The average Bonchev–Trinajstić information content (AvgIpc) is 3.18. The number of aryl methyl sites for hydroxylation is 1. The SMILES string of the molecule is CC(OC(=O)Nc1c(-c2ccc(C(=O)NC(CCc3ccccc3)C(=O)O)cc2)c(=O)n(C)n1C)c1ccccc1. The predicted octanol–water partition coefficient (Wildman–Crippen LogP) is 4.52. The molecule has 0 aliphatic rings. The number of nitrogens with one attached hydrogen (secondary N) is 2. The van der Waals surface area contributed by atoms with E-state index in [0.29, 0.717) is 12.0 Å². The van der Waals surface area contributed by atoms with Gasteiger partial charge in [-0.3, -0.25) is 24.3 Å². The number of carbonyl (C=O) groups is 3. The zero-order valence-electron chi connectivity index (χ0n) is 23.0. The number of carboxylic acids is 1. The van der Waals surface area contributed by atoms with E-state index in [-0.39, 0.29) is 28.9 Å². The summed E-state index contributed by atoms with van der Waals surface area (Å²) < 4.78 is 8.36. The van der Waals surface area contributed by atoms with Crippen LogP contribution in [0, 0.1) is 0 Å². The third kappa shape index (κ3) is 6.91. The standard InChI is InChI=1S/C31H32N4O6/c1-20(22-12-8-5-9-13-22)41-31(40)33-27-26(29(37)35(3)34(27)2)23-15-17-24(18-16-23)28(36)32-25(30(38)39)19-14-21-10-6-4-7-11-21/h4-13,15-18,20,25H,14,19H2,1-3H3,(H,32,36)(H,33,40)(H,38,39). The summed E-state index contributed by atoms with van der Waals surface area (Å²) >= 11 is 0. The molecule has 0 aliphatic heterocycles. The molecule has 4 rings (SSSR count). The topological polar surface area (TPSA) is 132 Å². The van der Waals surface area contributed by atoms with Crippen molar-refractivity contribution in [2.75, 3.05) is 5.32 Å². The zero-order chi connectivity index (χ0) is 29.5. The Hall–Kier alpha value is -5.12. The lowest BCUT2D eigenvalue weighted by Gasteiger charge is -2.16. The lowest BCUT2D eigenvalue weighted by molar-refractivity contribution is -0.139. The molecular weight excluding hydrogens is 524 g/mol. The van der Waals surface area contributed by atoms with Crippen molar-refractivity contribution in [2.24, 2.45) is 14.1 Å². The highest BCUT2D eigenvalue weighted by Gasteiger charge is 2.23. The fourth-order valence-electron chi connectivity index (χ4n) is 4.44. The van der Waals surface area contributed by atoms with Crippen molar-refractivity contribution in [3.8, 4) is 11.1 Å². The van der Waals surface area contributed by atoms with E-state index >= 15 is 0 Å². The number of nitrogens with zero attached hydrogens (tertiary/aromatic N) is 2. The Kier molecular flexibility index (Phi) is 9.03. The van der Waals surface area contributed by atoms with Crippen LogP contribution < -0.4 is 16.2 Å². The van der Waals surface area contributed by atoms with Crippen molar-refractivity contribution in [3.63, 3.8) is 0 Å². The van der Waals surface area contributed by atoms with Gasteiger partial charge < -0.3 is 15.2 Å². The van der Waals surface area contributed by atoms with Crippen molar-refractivity contribution in [3.05, 3.63) is 112 Å². The number of hydrogen-bond acceptors (Lipinski definition) is 5. The van der Waals surface area contributed by atoms with E-state index in [9.17, 15) is 24.3 Å². The van der Waals surface area contributed by atoms with E-state index in [1.165, 1.54) is 21.5 Å². The summed E-state index contributed by atoms with van der Waals surface area (Å²) in [4.78, 5) is 50.4. The molecule has 3 N–H and O–H groups in total. The Bertz CT molecular complexity index is 1580. The molecule has 10 heteroatoms.